The van der Waals surface area contributed by atoms with Gasteiger partial charge in [-0.1, -0.05) is 36.4 Å². The predicted molar refractivity (Wildman–Crippen MR) is 101 cm³/mol. The summed E-state index contributed by atoms with van der Waals surface area (Å²) in [4.78, 5) is 28.1. The molecule has 0 spiro atoms. The molecule has 0 saturated carbocycles. The van der Waals surface area contributed by atoms with Crippen molar-refractivity contribution in [3.05, 3.63) is 72.6 Å². The van der Waals surface area contributed by atoms with Crippen molar-refractivity contribution in [1.82, 2.24) is 14.9 Å². The fraction of sp³-hybridized carbons (Fsp3) is 0.105. The number of nitrogens with two attached hydrogens (primary N) is 1. The Labute approximate surface area is 150 Å². The maximum absolute atomic E-state index is 12.1. The minimum absolute atomic E-state index is 0.350. The summed E-state index contributed by atoms with van der Waals surface area (Å²) in [6.07, 6.45) is 4.88. The van der Waals surface area contributed by atoms with Crippen LogP contribution in [0.4, 0.5) is 10.5 Å². The van der Waals surface area contributed by atoms with Gasteiger partial charge < -0.3 is 20.9 Å². The number of benzene rings is 1. The van der Waals surface area contributed by atoms with Crippen molar-refractivity contribution in [2.45, 2.75) is 13.1 Å². The number of hydrogen-bond donors (Lipinski definition) is 3. The minimum Gasteiger partial charge on any atom is -0.366 e. The topological polar surface area (TPSA) is 102 Å². The second kappa shape index (κ2) is 7.52. The summed E-state index contributed by atoms with van der Waals surface area (Å²) < 4.78 is 1.78. The van der Waals surface area contributed by atoms with Gasteiger partial charge in [0.05, 0.1) is 17.4 Å². The van der Waals surface area contributed by atoms with Crippen LogP contribution in [0.5, 0.6) is 0 Å². The molecule has 3 rings (SSSR count). The van der Waals surface area contributed by atoms with Gasteiger partial charge in [0, 0.05) is 24.7 Å². The van der Waals surface area contributed by atoms with E-state index < -0.39 is 5.91 Å². The number of nitrogens with zero attached hydrogens (tertiary/aromatic N) is 2. The molecule has 2 aromatic heterocycles. The van der Waals surface area contributed by atoms with Gasteiger partial charge in [-0.2, -0.15) is 0 Å². The van der Waals surface area contributed by atoms with E-state index in [1.54, 1.807) is 22.9 Å². The summed E-state index contributed by atoms with van der Waals surface area (Å²) in [5, 5.41) is 6.07. The molecular weight excluding hydrogens is 330 g/mol. The van der Waals surface area contributed by atoms with Crippen LogP contribution in [0.25, 0.3) is 11.0 Å². The predicted octanol–water partition coefficient (Wildman–Crippen LogP) is 2.64. The van der Waals surface area contributed by atoms with Crippen LogP contribution in [0.2, 0.25) is 0 Å². The Morgan fingerprint density at radius 1 is 1.27 bits per heavy atom. The van der Waals surface area contributed by atoms with Crippen LogP contribution in [0, 0.1) is 0 Å². The van der Waals surface area contributed by atoms with Crippen LogP contribution in [-0.4, -0.2) is 21.5 Å². The van der Waals surface area contributed by atoms with Gasteiger partial charge in [-0.25, -0.2) is 9.78 Å². The van der Waals surface area contributed by atoms with E-state index in [9.17, 15) is 9.59 Å². The molecule has 0 bridgehead atoms. The van der Waals surface area contributed by atoms with Gasteiger partial charge in [0.25, 0.3) is 5.91 Å². The molecule has 0 saturated heterocycles. The number of hydrogen-bond acceptors (Lipinski definition) is 3. The molecule has 7 heteroatoms. The van der Waals surface area contributed by atoms with Gasteiger partial charge in [0.1, 0.15) is 5.65 Å². The van der Waals surface area contributed by atoms with Gasteiger partial charge in [-0.15, -0.1) is 6.58 Å². The quantitative estimate of drug-likeness (QED) is 0.596. The van der Waals surface area contributed by atoms with Crippen molar-refractivity contribution in [2.75, 3.05) is 5.32 Å². The summed E-state index contributed by atoms with van der Waals surface area (Å²) in [5.41, 5.74) is 7.87. The van der Waals surface area contributed by atoms with Crippen LogP contribution in [0.15, 0.2) is 61.4 Å². The molecule has 132 valence electrons. The Morgan fingerprint density at radius 2 is 2.04 bits per heavy atom. The Hall–Kier alpha value is -3.61. The number of anilines is 1. The molecule has 0 unspecified atom stereocenters. The number of urea groups is 1. The minimum atomic E-state index is -0.551. The van der Waals surface area contributed by atoms with Gasteiger partial charge >= 0.3 is 6.03 Å². The van der Waals surface area contributed by atoms with Crippen molar-refractivity contribution >= 4 is 28.7 Å². The lowest BCUT2D eigenvalue weighted by atomic mass is 10.2. The summed E-state index contributed by atoms with van der Waals surface area (Å²) in [5.74, 6) is -0.551. The molecule has 0 aliphatic heterocycles. The van der Waals surface area contributed by atoms with E-state index >= 15 is 0 Å². The zero-order valence-electron chi connectivity index (χ0n) is 14.1. The highest BCUT2D eigenvalue weighted by atomic mass is 16.2. The second-order valence-corrected chi connectivity index (χ2v) is 5.74. The molecule has 3 amide bonds. The van der Waals surface area contributed by atoms with Gasteiger partial charge in [-0.05, 0) is 11.6 Å². The number of pyridine rings is 1. The first kappa shape index (κ1) is 17.2. The lowest BCUT2D eigenvalue weighted by Gasteiger charge is -2.08. The largest absolute Gasteiger partial charge is 0.366 e. The van der Waals surface area contributed by atoms with Crippen LogP contribution in [-0.2, 0) is 13.1 Å². The van der Waals surface area contributed by atoms with Crippen molar-refractivity contribution in [2.24, 2.45) is 5.73 Å². The number of rotatable bonds is 6. The first-order valence-corrected chi connectivity index (χ1v) is 8.07. The summed E-state index contributed by atoms with van der Waals surface area (Å²) in [6, 6.07) is 10.9. The molecule has 26 heavy (non-hydrogen) atoms. The average molecular weight is 349 g/mol. The van der Waals surface area contributed by atoms with E-state index in [2.05, 4.69) is 22.2 Å². The van der Waals surface area contributed by atoms with Crippen molar-refractivity contribution in [3.63, 3.8) is 0 Å². The third-order valence-electron chi connectivity index (χ3n) is 3.86. The maximum Gasteiger partial charge on any atom is 0.319 e. The van der Waals surface area contributed by atoms with Gasteiger partial charge in [0.2, 0.25) is 0 Å². The molecule has 0 atom stereocenters. The van der Waals surface area contributed by atoms with E-state index in [0.717, 1.165) is 5.56 Å². The van der Waals surface area contributed by atoms with Crippen LogP contribution in [0.1, 0.15) is 15.9 Å². The second-order valence-electron chi connectivity index (χ2n) is 5.74. The highest BCUT2D eigenvalue weighted by molar-refractivity contribution is 6.06. The van der Waals surface area contributed by atoms with E-state index in [4.69, 9.17) is 5.73 Å². The molecule has 1 aromatic carbocycles. The van der Waals surface area contributed by atoms with Gasteiger partial charge in [0.15, 0.2) is 0 Å². The fourth-order valence-electron chi connectivity index (χ4n) is 2.67. The van der Waals surface area contributed by atoms with E-state index in [1.165, 1.54) is 6.20 Å². The number of allylic oxidation sites excluding steroid dienone is 1. The smallest absolute Gasteiger partial charge is 0.319 e. The Kier molecular flexibility index (Phi) is 4.98. The molecule has 4 N–H and O–H groups in total. The molecule has 0 radical (unpaired) electrons. The summed E-state index contributed by atoms with van der Waals surface area (Å²) in [6.45, 7) is 4.60. The number of carbonyl (C=O) groups is 2. The monoisotopic (exact) mass is 349 g/mol. The number of nitrogens with one attached hydrogen (secondary N) is 2. The zero-order valence-corrected chi connectivity index (χ0v) is 14.1. The average Bonchev–Trinajstić information content (AvgIpc) is 2.99. The number of fused-ring (bicyclic) bond motifs is 1. The normalized spacial score (nSPS) is 10.5. The van der Waals surface area contributed by atoms with E-state index in [1.807, 2.05) is 30.3 Å². The Bertz CT molecular complexity index is 963. The lowest BCUT2D eigenvalue weighted by Crippen LogP contribution is -2.28. The molecule has 0 aliphatic carbocycles. The molecule has 7 nitrogen and oxygen atoms in total. The lowest BCUT2D eigenvalue weighted by molar-refractivity contribution is 0.100. The highest BCUT2D eigenvalue weighted by Gasteiger charge is 2.14. The van der Waals surface area contributed by atoms with Crippen LogP contribution >= 0.6 is 0 Å². The third-order valence-corrected chi connectivity index (χ3v) is 3.86. The SMILES string of the molecule is C=CCn1cc(C(N)=O)c2cc(NC(=O)NCc3ccccc3)cnc21. The first-order chi connectivity index (χ1) is 12.6. The number of carbonyl (C=O) groups excluding carboxylic acids is 2. The zero-order chi connectivity index (χ0) is 18.5. The van der Waals surface area contributed by atoms with Crippen molar-refractivity contribution < 1.29 is 9.59 Å². The Morgan fingerprint density at radius 3 is 2.73 bits per heavy atom. The van der Waals surface area contributed by atoms with Gasteiger partial charge in [-0.3, -0.25) is 4.79 Å². The molecule has 0 aliphatic rings. The molecule has 0 fully saturated rings. The standard InChI is InChI=1S/C19H19N5O2/c1-2-8-24-12-16(17(20)25)15-9-14(11-21-18(15)24)23-19(26)22-10-13-6-4-3-5-7-13/h2-7,9,11-12H,1,8,10H2,(H2,20,25)(H2,22,23,26). The molecular formula is C19H19N5O2. The van der Waals surface area contributed by atoms with E-state index in [0.29, 0.717) is 35.4 Å². The van der Waals surface area contributed by atoms with Crippen LogP contribution in [0.3, 0.4) is 0 Å². The Balaban J connectivity index is 1.77. The van der Waals surface area contributed by atoms with Crippen molar-refractivity contribution in [1.29, 1.82) is 0 Å². The molecule has 3 aromatic rings. The molecule has 2 heterocycles. The van der Waals surface area contributed by atoms with Crippen molar-refractivity contribution in [3.8, 4) is 0 Å². The summed E-state index contributed by atoms with van der Waals surface area (Å²) >= 11 is 0. The first-order valence-electron chi connectivity index (χ1n) is 8.07. The fourth-order valence-corrected chi connectivity index (χ4v) is 2.67. The third kappa shape index (κ3) is 3.72. The highest BCUT2D eigenvalue weighted by Crippen LogP contribution is 2.23. The number of amides is 3. The number of aromatic nitrogens is 2. The number of primary amides is 1. The van der Waals surface area contributed by atoms with E-state index in [-0.39, 0.29) is 6.03 Å². The van der Waals surface area contributed by atoms with Crippen LogP contribution < -0.4 is 16.4 Å². The maximum atomic E-state index is 12.1. The summed E-state index contributed by atoms with van der Waals surface area (Å²) in [7, 11) is 0.